The number of aromatic nitrogens is 2. The van der Waals surface area contributed by atoms with Gasteiger partial charge in [0, 0.05) is 17.7 Å². The maximum Gasteiger partial charge on any atom is 0.416 e. The highest BCUT2D eigenvalue weighted by Gasteiger charge is 2.30. The lowest BCUT2D eigenvalue weighted by Crippen LogP contribution is -2.04. The molecule has 23 heavy (non-hydrogen) atoms. The highest BCUT2D eigenvalue weighted by atomic mass is 32.2. The van der Waals surface area contributed by atoms with Crippen molar-refractivity contribution in [2.45, 2.75) is 17.8 Å². The van der Waals surface area contributed by atoms with E-state index in [4.69, 9.17) is 4.52 Å². The zero-order valence-electron chi connectivity index (χ0n) is 11.2. The SMILES string of the molecule is FC(F)=C(F)CCSc1nc(-c2ccc(C(F)(F)F)cc2)no1. The second-order valence-corrected chi connectivity index (χ2v) is 5.27. The summed E-state index contributed by atoms with van der Waals surface area (Å²) in [5, 5.41) is 3.58. The van der Waals surface area contributed by atoms with Gasteiger partial charge in [-0.05, 0) is 12.1 Å². The van der Waals surface area contributed by atoms with E-state index >= 15 is 0 Å². The van der Waals surface area contributed by atoms with E-state index in [0.717, 1.165) is 23.9 Å². The first-order chi connectivity index (χ1) is 10.8. The van der Waals surface area contributed by atoms with Gasteiger partial charge in [-0.3, -0.25) is 0 Å². The van der Waals surface area contributed by atoms with Crippen LogP contribution in [0.15, 0.2) is 45.9 Å². The van der Waals surface area contributed by atoms with Crippen molar-refractivity contribution in [1.82, 2.24) is 10.1 Å². The van der Waals surface area contributed by atoms with Gasteiger partial charge in [-0.15, -0.1) is 0 Å². The van der Waals surface area contributed by atoms with Crippen molar-refractivity contribution in [3.8, 4) is 11.4 Å². The van der Waals surface area contributed by atoms with Crippen LogP contribution in [-0.2, 0) is 6.18 Å². The van der Waals surface area contributed by atoms with E-state index in [1.807, 2.05) is 0 Å². The fraction of sp³-hybridized carbons (Fsp3) is 0.231. The lowest BCUT2D eigenvalue weighted by molar-refractivity contribution is -0.137. The fourth-order valence-corrected chi connectivity index (χ4v) is 2.21. The highest BCUT2D eigenvalue weighted by Crippen LogP contribution is 2.31. The minimum absolute atomic E-state index is 0.00645. The van der Waals surface area contributed by atoms with Crippen LogP contribution >= 0.6 is 11.8 Å². The molecule has 10 heteroatoms. The van der Waals surface area contributed by atoms with E-state index in [-0.39, 0.29) is 16.8 Å². The molecule has 1 aromatic heterocycles. The first-order valence-electron chi connectivity index (χ1n) is 6.11. The van der Waals surface area contributed by atoms with E-state index in [0.29, 0.717) is 5.56 Å². The van der Waals surface area contributed by atoms with Gasteiger partial charge in [0.25, 0.3) is 5.22 Å². The van der Waals surface area contributed by atoms with Crippen LogP contribution in [0, 0.1) is 0 Å². The van der Waals surface area contributed by atoms with Crippen LogP contribution in [0.2, 0.25) is 0 Å². The molecule has 0 bridgehead atoms. The van der Waals surface area contributed by atoms with Crippen LogP contribution in [0.1, 0.15) is 12.0 Å². The lowest BCUT2D eigenvalue weighted by atomic mass is 10.1. The number of alkyl halides is 3. The zero-order chi connectivity index (χ0) is 17.0. The smallest absolute Gasteiger partial charge is 0.327 e. The number of thioether (sulfide) groups is 1. The van der Waals surface area contributed by atoms with Gasteiger partial charge in [-0.2, -0.15) is 26.9 Å². The topological polar surface area (TPSA) is 38.9 Å². The van der Waals surface area contributed by atoms with Crippen molar-refractivity contribution < 1.29 is 30.9 Å². The van der Waals surface area contributed by atoms with Gasteiger partial charge >= 0.3 is 12.3 Å². The maximum absolute atomic E-state index is 12.6. The van der Waals surface area contributed by atoms with Crippen LogP contribution in [0.4, 0.5) is 26.3 Å². The molecule has 0 N–H and O–H groups in total. The second-order valence-electron chi connectivity index (χ2n) is 4.22. The molecule has 0 amide bonds. The summed E-state index contributed by atoms with van der Waals surface area (Å²) in [6, 6.07) is 4.12. The Balaban J connectivity index is 2.00. The summed E-state index contributed by atoms with van der Waals surface area (Å²) in [5.41, 5.74) is -0.510. The van der Waals surface area contributed by atoms with Crippen LogP contribution in [0.3, 0.4) is 0 Å². The average molecular weight is 354 g/mol. The summed E-state index contributed by atoms with van der Waals surface area (Å²) in [6.07, 6.45) is -7.31. The first kappa shape index (κ1) is 17.4. The van der Waals surface area contributed by atoms with E-state index in [1.54, 1.807) is 0 Å². The summed E-state index contributed by atoms with van der Waals surface area (Å²) in [5.74, 6) is -1.51. The van der Waals surface area contributed by atoms with Crippen molar-refractivity contribution >= 4 is 11.8 Å². The summed E-state index contributed by atoms with van der Waals surface area (Å²) in [4.78, 5) is 3.89. The van der Waals surface area contributed by atoms with E-state index in [1.165, 1.54) is 12.1 Å². The quantitative estimate of drug-likeness (QED) is 0.538. The van der Waals surface area contributed by atoms with Gasteiger partial charge in [0.2, 0.25) is 5.82 Å². The van der Waals surface area contributed by atoms with Crippen LogP contribution in [0.5, 0.6) is 0 Å². The number of rotatable bonds is 5. The van der Waals surface area contributed by atoms with Gasteiger partial charge in [0.1, 0.15) is 0 Å². The van der Waals surface area contributed by atoms with Crippen molar-refractivity contribution in [1.29, 1.82) is 0 Å². The molecule has 0 fully saturated rings. The highest BCUT2D eigenvalue weighted by molar-refractivity contribution is 7.99. The summed E-state index contributed by atoms with van der Waals surface area (Å²) >= 11 is 0.861. The minimum atomic E-state index is -4.44. The molecule has 0 aliphatic rings. The van der Waals surface area contributed by atoms with E-state index < -0.39 is 30.1 Å². The summed E-state index contributed by atoms with van der Waals surface area (Å²) < 4.78 is 78.5. The number of halogens is 6. The fourth-order valence-electron chi connectivity index (χ4n) is 1.52. The third-order valence-corrected chi connectivity index (χ3v) is 3.45. The van der Waals surface area contributed by atoms with Crippen LogP contribution in [-0.4, -0.2) is 15.9 Å². The van der Waals surface area contributed by atoms with Gasteiger partial charge in [0.05, 0.1) is 5.56 Å². The summed E-state index contributed by atoms with van der Waals surface area (Å²) in [7, 11) is 0. The third kappa shape index (κ3) is 4.75. The Morgan fingerprint density at radius 2 is 1.74 bits per heavy atom. The first-order valence-corrected chi connectivity index (χ1v) is 7.09. The maximum atomic E-state index is 12.6. The van der Waals surface area contributed by atoms with E-state index in [2.05, 4.69) is 10.1 Å². The third-order valence-electron chi connectivity index (χ3n) is 2.63. The Bertz CT molecular complexity index is 691. The molecule has 1 aromatic carbocycles. The molecule has 1 heterocycles. The molecule has 0 atom stereocenters. The summed E-state index contributed by atoms with van der Waals surface area (Å²) in [6.45, 7) is 0. The number of hydrogen-bond acceptors (Lipinski definition) is 4. The van der Waals surface area contributed by atoms with Crippen molar-refractivity contribution in [2.75, 3.05) is 5.75 Å². The molecule has 0 spiro atoms. The molecule has 2 aromatic rings. The second kappa shape index (κ2) is 7.07. The monoisotopic (exact) mass is 354 g/mol. The standard InChI is InChI=1S/C13H8F6N2OS/c14-9(10(15)16)5-6-23-12-20-11(21-22-12)7-1-3-8(4-2-7)13(17,18)19/h1-4H,5-6H2. The normalized spacial score (nSPS) is 11.6. The molecule has 124 valence electrons. The Morgan fingerprint density at radius 1 is 1.09 bits per heavy atom. The number of nitrogens with zero attached hydrogens (tertiary/aromatic N) is 2. The van der Waals surface area contributed by atoms with Gasteiger partial charge in [0.15, 0.2) is 5.83 Å². The van der Waals surface area contributed by atoms with Crippen molar-refractivity contribution in [3.05, 3.63) is 41.7 Å². The molecule has 0 radical (unpaired) electrons. The molecule has 0 aliphatic carbocycles. The lowest BCUT2D eigenvalue weighted by Gasteiger charge is -2.05. The minimum Gasteiger partial charge on any atom is -0.327 e. The number of allylic oxidation sites excluding steroid dienone is 1. The Labute approximate surface area is 130 Å². The van der Waals surface area contributed by atoms with E-state index in [9.17, 15) is 26.3 Å². The van der Waals surface area contributed by atoms with Gasteiger partial charge in [-0.1, -0.05) is 29.1 Å². The predicted molar refractivity (Wildman–Crippen MR) is 70.4 cm³/mol. The van der Waals surface area contributed by atoms with Gasteiger partial charge in [-0.25, -0.2) is 4.39 Å². The average Bonchev–Trinajstić information content (AvgIpc) is 2.95. The molecule has 0 saturated carbocycles. The molecule has 2 rings (SSSR count). The van der Waals surface area contributed by atoms with Crippen LogP contribution < -0.4 is 0 Å². The Hall–Kier alpha value is -1.97. The number of hydrogen-bond donors (Lipinski definition) is 0. The molecule has 0 saturated heterocycles. The van der Waals surface area contributed by atoms with Gasteiger partial charge < -0.3 is 4.52 Å². The largest absolute Gasteiger partial charge is 0.416 e. The van der Waals surface area contributed by atoms with Crippen molar-refractivity contribution in [2.24, 2.45) is 0 Å². The van der Waals surface area contributed by atoms with Crippen LogP contribution in [0.25, 0.3) is 11.4 Å². The Morgan fingerprint density at radius 3 is 2.30 bits per heavy atom. The number of benzene rings is 1. The molecule has 3 nitrogen and oxygen atoms in total. The Kier molecular flexibility index (Phi) is 5.34. The molecular formula is C13H8F6N2OS. The molecular weight excluding hydrogens is 346 g/mol. The van der Waals surface area contributed by atoms with Crippen molar-refractivity contribution in [3.63, 3.8) is 0 Å². The zero-order valence-corrected chi connectivity index (χ0v) is 12.0. The predicted octanol–water partition coefficient (Wildman–Crippen LogP) is 5.32. The molecule has 0 unspecified atom stereocenters. The molecule has 0 aliphatic heterocycles.